The third-order valence-electron chi connectivity index (χ3n) is 3.60. The molecule has 98 valence electrons. The smallest absolute Gasteiger partial charge is 0.222 e. The van der Waals surface area contributed by atoms with Crippen LogP contribution in [0.15, 0.2) is 0 Å². The maximum atomic E-state index is 11.9. The Labute approximate surface area is 110 Å². The van der Waals surface area contributed by atoms with Crippen molar-refractivity contribution in [3.63, 3.8) is 0 Å². The summed E-state index contributed by atoms with van der Waals surface area (Å²) in [7, 11) is 0. The second kappa shape index (κ2) is 7.64. The van der Waals surface area contributed by atoms with Crippen molar-refractivity contribution in [1.29, 1.82) is 0 Å². The van der Waals surface area contributed by atoms with Crippen LogP contribution in [0.3, 0.4) is 0 Å². The fourth-order valence-electron chi connectivity index (χ4n) is 2.34. The first-order valence-corrected chi connectivity index (χ1v) is 7.10. The van der Waals surface area contributed by atoms with Gasteiger partial charge in [0, 0.05) is 19.5 Å². The molecule has 1 unspecified atom stereocenters. The highest BCUT2D eigenvalue weighted by molar-refractivity contribution is 7.80. The van der Waals surface area contributed by atoms with Crippen molar-refractivity contribution >= 4 is 23.1 Å². The van der Waals surface area contributed by atoms with E-state index in [9.17, 15) is 4.79 Å². The van der Waals surface area contributed by atoms with Gasteiger partial charge in [-0.3, -0.25) is 4.79 Å². The molecule has 2 N–H and O–H groups in total. The molecule has 1 fully saturated rings. The van der Waals surface area contributed by atoms with Gasteiger partial charge in [-0.25, -0.2) is 0 Å². The predicted octanol–water partition coefficient (Wildman–Crippen LogP) is 2.48. The fraction of sp³-hybridized carbons (Fsp3) is 0.846. The summed E-state index contributed by atoms with van der Waals surface area (Å²) in [5.74, 6) is 1.07. The number of likely N-dealkylation sites (tertiary alicyclic amines) is 1. The van der Waals surface area contributed by atoms with E-state index >= 15 is 0 Å². The van der Waals surface area contributed by atoms with Crippen molar-refractivity contribution < 1.29 is 4.79 Å². The molecule has 1 rings (SSSR count). The highest BCUT2D eigenvalue weighted by Gasteiger charge is 2.20. The van der Waals surface area contributed by atoms with Crippen molar-refractivity contribution in [2.24, 2.45) is 11.7 Å². The first-order chi connectivity index (χ1) is 8.13. The number of nitrogens with zero attached hydrogens (tertiary/aromatic N) is 1. The Balaban J connectivity index is 2.27. The van der Waals surface area contributed by atoms with Gasteiger partial charge in [-0.15, -0.1) is 0 Å². The Morgan fingerprint density at radius 3 is 2.88 bits per heavy atom. The zero-order chi connectivity index (χ0) is 12.7. The SMILES string of the molecule is CCC1CCC(=O)N(CCCCC(N)=S)CC1. The standard InChI is InChI=1S/C13H24N2OS/c1-2-11-6-7-13(16)15(10-8-11)9-4-3-5-12(14)17/h11H,2-10H2,1H3,(H2,14,17). The molecule has 0 aromatic heterocycles. The predicted molar refractivity (Wildman–Crippen MR) is 74.8 cm³/mol. The first kappa shape index (κ1) is 14.4. The van der Waals surface area contributed by atoms with Crippen LogP contribution >= 0.6 is 12.2 Å². The number of carbonyl (C=O) groups excluding carboxylic acids is 1. The Kier molecular flexibility index (Phi) is 6.48. The van der Waals surface area contributed by atoms with Crippen LogP contribution in [0.5, 0.6) is 0 Å². The molecule has 1 amide bonds. The molecule has 0 aliphatic carbocycles. The average Bonchev–Trinajstić information content (AvgIpc) is 2.47. The fourth-order valence-corrected chi connectivity index (χ4v) is 2.48. The largest absolute Gasteiger partial charge is 0.393 e. The maximum absolute atomic E-state index is 11.9. The van der Waals surface area contributed by atoms with Gasteiger partial charge < -0.3 is 10.6 Å². The van der Waals surface area contributed by atoms with Gasteiger partial charge in [0.05, 0.1) is 4.99 Å². The van der Waals surface area contributed by atoms with E-state index in [4.69, 9.17) is 18.0 Å². The lowest BCUT2D eigenvalue weighted by atomic mass is 9.98. The number of unbranched alkanes of at least 4 members (excludes halogenated alkanes) is 1. The molecule has 1 aliphatic rings. The van der Waals surface area contributed by atoms with Crippen LogP contribution < -0.4 is 5.73 Å². The van der Waals surface area contributed by atoms with Crippen LogP contribution in [0, 0.1) is 5.92 Å². The minimum atomic E-state index is 0.330. The summed E-state index contributed by atoms with van der Waals surface area (Å²) < 4.78 is 0. The number of thiocarbonyl (C=S) groups is 1. The lowest BCUT2D eigenvalue weighted by molar-refractivity contribution is -0.130. The van der Waals surface area contributed by atoms with E-state index in [-0.39, 0.29) is 0 Å². The van der Waals surface area contributed by atoms with Crippen LogP contribution in [0.2, 0.25) is 0 Å². The number of hydrogen-bond acceptors (Lipinski definition) is 2. The van der Waals surface area contributed by atoms with E-state index in [1.165, 1.54) is 6.42 Å². The number of amides is 1. The van der Waals surface area contributed by atoms with Crippen molar-refractivity contribution in [1.82, 2.24) is 4.90 Å². The minimum absolute atomic E-state index is 0.330. The maximum Gasteiger partial charge on any atom is 0.222 e. The lowest BCUT2D eigenvalue weighted by Gasteiger charge is -2.20. The van der Waals surface area contributed by atoms with Crippen LogP contribution in [-0.2, 0) is 4.79 Å². The van der Waals surface area contributed by atoms with Gasteiger partial charge in [-0.1, -0.05) is 25.6 Å². The van der Waals surface area contributed by atoms with Crippen molar-refractivity contribution in [2.45, 2.75) is 51.9 Å². The number of carbonyl (C=O) groups is 1. The van der Waals surface area contributed by atoms with Crippen molar-refractivity contribution in [3.05, 3.63) is 0 Å². The molecule has 0 radical (unpaired) electrons. The number of rotatable bonds is 6. The molecule has 1 heterocycles. The summed E-state index contributed by atoms with van der Waals surface area (Å²) in [5.41, 5.74) is 5.45. The van der Waals surface area contributed by atoms with E-state index in [0.717, 1.165) is 57.5 Å². The Morgan fingerprint density at radius 2 is 2.24 bits per heavy atom. The van der Waals surface area contributed by atoms with Gasteiger partial charge in [-0.05, 0) is 38.0 Å². The summed E-state index contributed by atoms with van der Waals surface area (Å²) in [4.78, 5) is 14.5. The molecule has 0 saturated carbocycles. The third-order valence-corrected chi connectivity index (χ3v) is 3.81. The van der Waals surface area contributed by atoms with Gasteiger partial charge in [-0.2, -0.15) is 0 Å². The molecule has 1 saturated heterocycles. The van der Waals surface area contributed by atoms with E-state index in [2.05, 4.69) is 6.92 Å². The quantitative estimate of drug-likeness (QED) is 0.586. The zero-order valence-electron chi connectivity index (χ0n) is 10.8. The number of hydrogen-bond donors (Lipinski definition) is 1. The van der Waals surface area contributed by atoms with Gasteiger partial charge in [0.1, 0.15) is 0 Å². The van der Waals surface area contributed by atoms with Gasteiger partial charge in [0.2, 0.25) is 5.91 Å². The second-order valence-corrected chi connectivity index (χ2v) is 5.43. The topological polar surface area (TPSA) is 46.3 Å². The van der Waals surface area contributed by atoms with Crippen molar-refractivity contribution in [3.8, 4) is 0 Å². The minimum Gasteiger partial charge on any atom is -0.393 e. The molecule has 0 aromatic carbocycles. The van der Waals surface area contributed by atoms with Gasteiger partial charge >= 0.3 is 0 Å². The van der Waals surface area contributed by atoms with Gasteiger partial charge in [0.25, 0.3) is 0 Å². The molecule has 17 heavy (non-hydrogen) atoms. The first-order valence-electron chi connectivity index (χ1n) is 6.69. The van der Waals surface area contributed by atoms with E-state index < -0.39 is 0 Å². The Bertz CT molecular complexity index is 268. The van der Waals surface area contributed by atoms with Crippen molar-refractivity contribution in [2.75, 3.05) is 13.1 Å². The van der Waals surface area contributed by atoms with Crippen LogP contribution in [-0.4, -0.2) is 28.9 Å². The van der Waals surface area contributed by atoms with Crippen LogP contribution in [0.25, 0.3) is 0 Å². The molecular formula is C13H24N2OS. The molecule has 3 nitrogen and oxygen atoms in total. The number of nitrogens with two attached hydrogens (primary N) is 1. The summed E-state index contributed by atoms with van der Waals surface area (Å²) in [6, 6.07) is 0. The lowest BCUT2D eigenvalue weighted by Crippen LogP contribution is -2.31. The molecule has 0 spiro atoms. The highest BCUT2D eigenvalue weighted by atomic mass is 32.1. The molecule has 1 atom stereocenters. The Hall–Kier alpha value is -0.640. The normalized spacial score (nSPS) is 21.4. The van der Waals surface area contributed by atoms with Crippen LogP contribution in [0.1, 0.15) is 51.9 Å². The summed E-state index contributed by atoms with van der Waals surface area (Å²) in [6.07, 6.45) is 6.97. The summed E-state index contributed by atoms with van der Waals surface area (Å²) in [6.45, 7) is 4.02. The van der Waals surface area contributed by atoms with E-state index in [0.29, 0.717) is 10.9 Å². The zero-order valence-corrected chi connectivity index (χ0v) is 11.6. The van der Waals surface area contributed by atoms with Crippen LogP contribution in [0.4, 0.5) is 0 Å². The molecule has 0 aromatic rings. The molecule has 1 aliphatic heterocycles. The average molecular weight is 256 g/mol. The monoisotopic (exact) mass is 256 g/mol. The molecular weight excluding hydrogens is 232 g/mol. The molecule has 4 heteroatoms. The summed E-state index contributed by atoms with van der Waals surface area (Å²) >= 11 is 4.84. The van der Waals surface area contributed by atoms with Gasteiger partial charge in [0.15, 0.2) is 0 Å². The summed E-state index contributed by atoms with van der Waals surface area (Å²) in [5, 5.41) is 0. The highest BCUT2D eigenvalue weighted by Crippen LogP contribution is 2.21. The van der Waals surface area contributed by atoms with E-state index in [1.807, 2.05) is 4.90 Å². The second-order valence-electron chi connectivity index (χ2n) is 4.91. The molecule has 0 bridgehead atoms. The third kappa shape index (κ3) is 5.48. The van der Waals surface area contributed by atoms with E-state index in [1.54, 1.807) is 0 Å². The Morgan fingerprint density at radius 1 is 1.47 bits per heavy atom.